The number of Topliss-reactive ketones (excluding diaryl/α,β-unsaturated/α-hetero) is 1. The Bertz CT molecular complexity index is 1310. The lowest BCUT2D eigenvalue weighted by Gasteiger charge is -2.15. The maximum Gasteiger partial charge on any atom is 0.397 e. The van der Waals surface area contributed by atoms with Crippen LogP contribution in [0.4, 0.5) is 5.69 Å². The molecule has 0 radical (unpaired) electrons. The van der Waals surface area contributed by atoms with E-state index in [2.05, 4.69) is 15.0 Å². The lowest BCUT2D eigenvalue weighted by atomic mass is 10.1. The van der Waals surface area contributed by atoms with E-state index in [-0.39, 0.29) is 24.6 Å². The fourth-order valence-electron chi connectivity index (χ4n) is 2.95. The number of ketones is 1. The van der Waals surface area contributed by atoms with Gasteiger partial charge in [0.25, 0.3) is 5.91 Å². The summed E-state index contributed by atoms with van der Waals surface area (Å²) in [6.45, 7) is 2.57. The monoisotopic (exact) mass is 487 g/mol. The first kappa shape index (κ1) is 24.6. The zero-order valence-corrected chi connectivity index (χ0v) is 19.0. The van der Waals surface area contributed by atoms with Crippen LogP contribution < -0.4 is 10.0 Å². The average molecular weight is 487 g/mol. The van der Waals surface area contributed by atoms with E-state index < -0.39 is 38.8 Å². The van der Waals surface area contributed by atoms with Crippen LogP contribution in [-0.2, 0) is 40.4 Å². The summed E-state index contributed by atoms with van der Waals surface area (Å²) in [6.07, 6.45) is -0.167. The predicted octanol–water partition coefficient (Wildman–Crippen LogP) is 1.65. The van der Waals surface area contributed by atoms with Crippen molar-refractivity contribution in [2.45, 2.75) is 25.5 Å². The molecule has 1 heterocycles. The van der Waals surface area contributed by atoms with Crippen LogP contribution in [0.3, 0.4) is 0 Å². The molecule has 2 N–H and O–H groups in total. The number of oxazole rings is 1. The van der Waals surface area contributed by atoms with Crippen molar-refractivity contribution < 1.29 is 36.7 Å². The number of anilines is 1. The zero-order chi connectivity index (χ0) is 24.9. The minimum atomic E-state index is -4.42. The SMILES string of the molecule is CCOC(=O)C(=O)Nc1ccc(CC(c2nc3ccccc3o2)S(=O)(=O)NC(=O)C(C)=O)cc1. The van der Waals surface area contributed by atoms with Gasteiger partial charge in [-0.15, -0.1) is 0 Å². The number of fused-ring (bicyclic) bond motifs is 1. The second-order valence-corrected chi connectivity index (χ2v) is 8.98. The van der Waals surface area contributed by atoms with E-state index in [1.54, 1.807) is 35.9 Å². The molecule has 12 heteroatoms. The summed E-state index contributed by atoms with van der Waals surface area (Å²) in [6, 6.07) is 12.6. The van der Waals surface area contributed by atoms with Crippen LogP contribution in [0, 0.1) is 0 Å². The predicted molar refractivity (Wildman–Crippen MR) is 120 cm³/mol. The van der Waals surface area contributed by atoms with Crippen molar-refractivity contribution in [3.63, 3.8) is 0 Å². The van der Waals surface area contributed by atoms with Gasteiger partial charge in [-0.3, -0.25) is 14.4 Å². The number of aromatic nitrogens is 1. The fraction of sp³-hybridized carbons (Fsp3) is 0.227. The molecule has 11 nitrogen and oxygen atoms in total. The molecule has 0 bridgehead atoms. The first-order valence-corrected chi connectivity index (χ1v) is 11.6. The van der Waals surface area contributed by atoms with Crippen molar-refractivity contribution >= 4 is 50.4 Å². The highest BCUT2D eigenvalue weighted by Crippen LogP contribution is 2.29. The van der Waals surface area contributed by atoms with Crippen molar-refractivity contribution in [3.8, 4) is 0 Å². The second kappa shape index (κ2) is 10.3. The van der Waals surface area contributed by atoms with Crippen LogP contribution in [0.5, 0.6) is 0 Å². The highest BCUT2D eigenvalue weighted by atomic mass is 32.2. The van der Waals surface area contributed by atoms with Gasteiger partial charge in [-0.05, 0) is 43.2 Å². The van der Waals surface area contributed by atoms with Crippen LogP contribution >= 0.6 is 0 Å². The van der Waals surface area contributed by atoms with E-state index in [4.69, 9.17) is 4.42 Å². The quantitative estimate of drug-likeness (QED) is 0.355. The number of hydrogen-bond acceptors (Lipinski definition) is 9. The summed E-state index contributed by atoms with van der Waals surface area (Å²) in [5, 5.41) is 0.927. The Morgan fingerprint density at radius 1 is 1.03 bits per heavy atom. The van der Waals surface area contributed by atoms with Crippen molar-refractivity contribution in [3.05, 3.63) is 60.0 Å². The number of hydrogen-bond donors (Lipinski definition) is 2. The third kappa shape index (κ3) is 5.84. The Labute approximate surface area is 194 Å². The Hall–Kier alpha value is -4.06. The average Bonchev–Trinajstić information content (AvgIpc) is 3.21. The summed E-state index contributed by atoms with van der Waals surface area (Å²) in [5.41, 5.74) is 1.55. The van der Waals surface area contributed by atoms with Gasteiger partial charge in [0.05, 0.1) is 6.61 Å². The Balaban J connectivity index is 1.88. The van der Waals surface area contributed by atoms with Crippen LogP contribution in [-0.4, -0.2) is 43.6 Å². The van der Waals surface area contributed by atoms with Gasteiger partial charge in [-0.25, -0.2) is 22.9 Å². The van der Waals surface area contributed by atoms with Crippen LogP contribution in [0.25, 0.3) is 11.1 Å². The van der Waals surface area contributed by atoms with Crippen molar-refractivity contribution in [1.82, 2.24) is 9.71 Å². The number of nitrogens with zero attached hydrogens (tertiary/aromatic N) is 1. The third-order valence-corrected chi connectivity index (χ3v) is 6.20. The van der Waals surface area contributed by atoms with Gasteiger partial charge < -0.3 is 14.5 Å². The second-order valence-electron chi connectivity index (χ2n) is 7.12. The molecule has 34 heavy (non-hydrogen) atoms. The molecule has 1 aromatic heterocycles. The lowest BCUT2D eigenvalue weighted by molar-refractivity contribution is -0.152. The molecule has 0 aliphatic carbocycles. The molecule has 0 aliphatic rings. The van der Waals surface area contributed by atoms with Gasteiger partial charge in [0.2, 0.25) is 21.7 Å². The van der Waals surface area contributed by atoms with E-state index in [1.807, 2.05) is 0 Å². The number of para-hydroxylation sites is 2. The van der Waals surface area contributed by atoms with E-state index in [1.165, 1.54) is 24.3 Å². The maximum absolute atomic E-state index is 13.0. The fourth-order valence-corrected chi connectivity index (χ4v) is 4.27. The van der Waals surface area contributed by atoms with E-state index in [0.29, 0.717) is 16.7 Å². The molecule has 178 valence electrons. The molecule has 0 spiro atoms. The number of ether oxygens (including phenoxy) is 1. The first-order valence-electron chi connectivity index (χ1n) is 10.1. The number of rotatable bonds is 8. The van der Waals surface area contributed by atoms with Crippen LogP contribution in [0.1, 0.15) is 30.6 Å². The number of amides is 2. The van der Waals surface area contributed by atoms with Crippen LogP contribution in [0.15, 0.2) is 52.9 Å². The lowest BCUT2D eigenvalue weighted by Crippen LogP contribution is -2.38. The summed E-state index contributed by atoms with van der Waals surface area (Å²) < 4.78 is 38.0. The van der Waals surface area contributed by atoms with Crippen molar-refractivity contribution in [1.29, 1.82) is 0 Å². The van der Waals surface area contributed by atoms with E-state index in [0.717, 1.165) is 6.92 Å². The van der Waals surface area contributed by atoms with Gasteiger partial charge in [-0.1, -0.05) is 24.3 Å². The molecule has 1 atom stereocenters. The molecule has 0 aliphatic heterocycles. The Morgan fingerprint density at radius 3 is 2.32 bits per heavy atom. The molecule has 3 aromatic rings. The Kier molecular flexibility index (Phi) is 7.41. The van der Waals surface area contributed by atoms with Crippen molar-refractivity contribution in [2.24, 2.45) is 0 Å². The highest BCUT2D eigenvalue weighted by Gasteiger charge is 2.34. The van der Waals surface area contributed by atoms with Gasteiger partial charge in [0.15, 0.2) is 10.8 Å². The molecule has 0 saturated heterocycles. The molecular weight excluding hydrogens is 466 g/mol. The van der Waals surface area contributed by atoms with E-state index in [9.17, 15) is 27.6 Å². The third-order valence-electron chi connectivity index (χ3n) is 4.61. The topological polar surface area (TPSA) is 162 Å². The van der Waals surface area contributed by atoms with Gasteiger partial charge in [0, 0.05) is 12.6 Å². The summed E-state index contributed by atoms with van der Waals surface area (Å²) in [4.78, 5) is 50.6. The number of carbonyl (C=O) groups is 4. The highest BCUT2D eigenvalue weighted by molar-refractivity contribution is 7.90. The number of esters is 1. The molecule has 0 saturated carbocycles. The van der Waals surface area contributed by atoms with E-state index >= 15 is 0 Å². The first-order chi connectivity index (χ1) is 16.1. The number of sulfonamides is 1. The standard InChI is InChI=1S/C22H21N3O8S/c1-3-32-22(29)20(28)23-15-10-8-14(9-11-15)12-18(34(30,31)25-19(27)13(2)26)21-24-16-6-4-5-7-17(16)33-21/h4-11,18H,3,12H2,1-2H3,(H,23,28)(H,25,27). The molecule has 2 amide bonds. The molecular formula is C22H21N3O8S. The maximum atomic E-state index is 13.0. The van der Waals surface area contributed by atoms with Gasteiger partial charge in [0.1, 0.15) is 5.52 Å². The Morgan fingerprint density at radius 2 is 1.71 bits per heavy atom. The molecule has 3 rings (SSSR count). The zero-order valence-electron chi connectivity index (χ0n) is 18.2. The largest absolute Gasteiger partial charge is 0.459 e. The summed E-state index contributed by atoms with van der Waals surface area (Å²) in [7, 11) is -4.42. The minimum absolute atomic E-state index is 0.0526. The van der Waals surface area contributed by atoms with Crippen molar-refractivity contribution in [2.75, 3.05) is 11.9 Å². The molecule has 2 aromatic carbocycles. The normalized spacial score (nSPS) is 12.1. The minimum Gasteiger partial charge on any atom is -0.459 e. The van der Waals surface area contributed by atoms with Crippen LogP contribution in [0.2, 0.25) is 0 Å². The van der Waals surface area contributed by atoms with Gasteiger partial charge >= 0.3 is 11.9 Å². The summed E-state index contributed by atoms with van der Waals surface area (Å²) in [5.74, 6) is -4.40. The molecule has 0 fully saturated rings. The number of nitrogens with one attached hydrogen (secondary N) is 2. The number of carbonyl (C=O) groups excluding carboxylic acids is 4. The number of benzene rings is 2. The summed E-state index contributed by atoms with van der Waals surface area (Å²) >= 11 is 0. The molecule has 1 unspecified atom stereocenters. The smallest absolute Gasteiger partial charge is 0.397 e. The van der Waals surface area contributed by atoms with Gasteiger partial charge in [-0.2, -0.15) is 0 Å².